The Morgan fingerprint density at radius 3 is 2.42 bits per heavy atom. The van der Waals surface area contributed by atoms with Crippen molar-refractivity contribution in [3.63, 3.8) is 0 Å². The van der Waals surface area contributed by atoms with Crippen molar-refractivity contribution >= 4 is 5.84 Å². The third-order valence-corrected chi connectivity index (χ3v) is 2.03. The highest BCUT2D eigenvalue weighted by Gasteiger charge is 2.07. The maximum Gasteiger partial charge on any atom is 0.123 e. The Kier molecular flexibility index (Phi) is 2.13. The molecule has 3 nitrogen and oxygen atoms in total. The van der Waals surface area contributed by atoms with Crippen LogP contribution in [0.5, 0.6) is 0 Å². The molecule has 0 bridgehead atoms. The molecule has 12 heavy (non-hydrogen) atoms. The summed E-state index contributed by atoms with van der Waals surface area (Å²) in [5, 5.41) is 7.36. The fraction of sp³-hybridized carbons (Fsp3) is 0.333. The van der Waals surface area contributed by atoms with Crippen LogP contribution in [0, 0.1) is 26.2 Å². The first kappa shape index (κ1) is 8.71. The van der Waals surface area contributed by atoms with Gasteiger partial charge in [-0.1, -0.05) is 0 Å². The van der Waals surface area contributed by atoms with Crippen LogP contribution in [0.4, 0.5) is 0 Å². The number of rotatable bonds is 1. The van der Waals surface area contributed by atoms with E-state index < -0.39 is 0 Å². The number of nitrogens with two attached hydrogens (primary N) is 1. The van der Waals surface area contributed by atoms with Crippen molar-refractivity contribution in [3.05, 3.63) is 28.6 Å². The van der Waals surface area contributed by atoms with Crippen LogP contribution in [0.2, 0.25) is 0 Å². The molecule has 1 heterocycles. The summed E-state index contributed by atoms with van der Waals surface area (Å²) >= 11 is 0. The monoisotopic (exact) mass is 163 g/mol. The number of amidine groups is 1. The number of nitrogens with one attached hydrogen (secondary N) is 1. The molecule has 0 saturated carbocycles. The van der Waals surface area contributed by atoms with Gasteiger partial charge in [-0.2, -0.15) is 0 Å². The first-order chi connectivity index (χ1) is 5.54. The quantitative estimate of drug-likeness (QED) is 0.484. The number of nitrogens with zero attached hydrogens (tertiary/aromatic N) is 1. The largest absolute Gasteiger partial charge is 0.384 e. The van der Waals surface area contributed by atoms with E-state index in [2.05, 4.69) is 4.98 Å². The summed E-state index contributed by atoms with van der Waals surface area (Å²) in [6.07, 6.45) is 1.75. The van der Waals surface area contributed by atoms with Gasteiger partial charge in [-0.15, -0.1) is 0 Å². The zero-order chi connectivity index (χ0) is 9.30. The van der Waals surface area contributed by atoms with Crippen LogP contribution in [0.1, 0.15) is 22.4 Å². The smallest absolute Gasteiger partial charge is 0.123 e. The minimum Gasteiger partial charge on any atom is -0.384 e. The van der Waals surface area contributed by atoms with Gasteiger partial charge in [-0.05, 0) is 31.9 Å². The zero-order valence-corrected chi connectivity index (χ0v) is 7.60. The summed E-state index contributed by atoms with van der Waals surface area (Å²) in [7, 11) is 0. The molecule has 1 aromatic rings. The number of pyridine rings is 1. The lowest BCUT2D eigenvalue weighted by Crippen LogP contribution is -2.15. The van der Waals surface area contributed by atoms with Crippen molar-refractivity contribution in [1.82, 2.24) is 4.98 Å². The second kappa shape index (κ2) is 2.93. The first-order valence-corrected chi connectivity index (χ1v) is 3.81. The highest BCUT2D eigenvalue weighted by Crippen LogP contribution is 2.13. The summed E-state index contributed by atoms with van der Waals surface area (Å²) in [5.74, 6) is 0.121. The molecule has 0 fully saturated rings. The van der Waals surface area contributed by atoms with Gasteiger partial charge >= 0.3 is 0 Å². The van der Waals surface area contributed by atoms with Crippen LogP contribution in [-0.2, 0) is 0 Å². The van der Waals surface area contributed by atoms with Gasteiger partial charge in [0.05, 0.1) is 0 Å². The van der Waals surface area contributed by atoms with Gasteiger partial charge in [0.25, 0.3) is 0 Å². The molecule has 0 radical (unpaired) electrons. The minimum absolute atomic E-state index is 0.121. The van der Waals surface area contributed by atoms with E-state index in [4.69, 9.17) is 11.1 Å². The Morgan fingerprint density at radius 2 is 2.00 bits per heavy atom. The standard InChI is InChI=1S/C9H13N3/c1-5-4-12-7(3)6(2)8(5)9(10)11/h4H,1-3H3,(H3,10,11). The maximum absolute atomic E-state index is 7.36. The SMILES string of the molecule is Cc1cnc(C)c(C)c1C(=N)N. The highest BCUT2D eigenvalue weighted by atomic mass is 14.7. The Labute approximate surface area is 72.1 Å². The number of aryl methyl sites for hydroxylation is 2. The maximum atomic E-state index is 7.36. The number of hydrogen-bond donors (Lipinski definition) is 2. The summed E-state index contributed by atoms with van der Waals surface area (Å²) in [6.45, 7) is 5.77. The molecule has 1 rings (SSSR count). The van der Waals surface area contributed by atoms with Gasteiger partial charge in [0, 0.05) is 17.5 Å². The van der Waals surface area contributed by atoms with Crippen molar-refractivity contribution in [2.45, 2.75) is 20.8 Å². The van der Waals surface area contributed by atoms with Crippen LogP contribution >= 0.6 is 0 Å². The summed E-state index contributed by atoms with van der Waals surface area (Å²) < 4.78 is 0. The predicted molar refractivity (Wildman–Crippen MR) is 49.5 cm³/mol. The van der Waals surface area contributed by atoms with E-state index in [0.29, 0.717) is 0 Å². The lowest BCUT2D eigenvalue weighted by molar-refractivity contribution is 1.11. The molecule has 0 saturated heterocycles. The van der Waals surface area contributed by atoms with Gasteiger partial charge < -0.3 is 5.73 Å². The molecule has 0 spiro atoms. The Balaban J connectivity index is 3.43. The molecule has 3 N–H and O–H groups in total. The fourth-order valence-corrected chi connectivity index (χ4v) is 1.25. The first-order valence-electron chi connectivity index (χ1n) is 3.81. The second-order valence-corrected chi connectivity index (χ2v) is 2.94. The van der Waals surface area contributed by atoms with Gasteiger partial charge in [0.2, 0.25) is 0 Å². The molecule has 64 valence electrons. The Bertz CT molecular complexity index is 329. The highest BCUT2D eigenvalue weighted by molar-refractivity contribution is 5.97. The van der Waals surface area contributed by atoms with Crippen LogP contribution in [-0.4, -0.2) is 10.8 Å². The van der Waals surface area contributed by atoms with Gasteiger partial charge in [-0.25, -0.2) is 0 Å². The Morgan fingerprint density at radius 1 is 1.42 bits per heavy atom. The van der Waals surface area contributed by atoms with E-state index in [1.165, 1.54) is 0 Å². The molecule has 0 aliphatic heterocycles. The average Bonchev–Trinajstić information content (AvgIpc) is 1.97. The summed E-state index contributed by atoms with van der Waals surface area (Å²) in [6, 6.07) is 0. The molecule has 0 atom stereocenters. The molecular weight excluding hydrogens is 150 g/mol. The van der Waals surface area contributed by atoms with Crippen molar-refractivity contribution in [1.29, 1.82) is 5.41 Å². The lowest BCUT2D eigenvalue weighted by atomic mass is 10.0. The number of nitrogen functional groups attached to an aromatic ring is 1. The topological polar surface area (TPSA) is 62.8 Å². The van der Waals surface area contributed by atoms with E-state index in [0.717, 1.165) is 22.4 Å². The van der Waals surface area contributed by atoms with Crippen molar-refractivity contribution < 1.29 is 0 Å². The minimum atomic E-state index is 0.121. The third-order valence-electron chi connectivity index (χ3n) is 2.03. The molecule has 0 unspecified atom stereocenters. The van der Waals surface area contributed by atoms with E-state index in [1.54, 1.807) is 6.20 Å². The van der Waals surface area contributed by atoms with Crippen molar-refractivity contribution in [3.8, 4) is 0 Å². The fourth-order valence-electron chi connectivity index (χ4n) is 1.25. The Hall–Kier alpha value is -1.38. The summed E-state index contributed by atoms with van der Waals surface area (Å²) in [4.78, 5) is 4.17. The van der Waals surface area contributed by atoms with Crippen molar-refractivity contribution in [2.75, 3.05) is 0 Å². The lowest BCUT2D eigenvalue weighted by Gasteiger charge is -2.08. The summed E-state index contributed by atoms with van der Waals surface area (Å²) in [5.41, 5.74) is 9.16. The molecule has 0 amide bonds. The van der Waals surface area contributed by atoms with Crippen LogP contribution < -0.4 is 5.73 Å². The van der Waals surface area contributed by atoms with E-state index in [-0.39, 0.29) is 5.84 Å². The number of hydrogen-bond acceptors (Lipinski definition) is 2. The van der Waals surface area contributed by atoms with E-state index in [9.17, 15) is 0 Å². The third kappa shape index (κ3) is 1.30. The molecule has 0 aliphatic rings. The molecule has 3 heteroatoms. The average molecular weight is 163 g/mol. The van der Waals surface area contributed by atoms with Gasteiger partial charge in [0.15, 0.2) is 0 Å². The van der Waals surface area contributed by atoms with Crippen LogP contribution in [0.15, 0.2) is 6.20 Å². The molecular formula is C9H13N3. The molecule has 1 aromatic heterocycles. The van der Waals surface area contributed by atoms with E-state index in [1.807, 2.05) is 20.8 Å². The second-order valence-electron chi connectivity index (χ2n) is 2.94. The van der Waals surface area contributed by atoms with Gasteiger partial charge in [0.1, 0.15) is 5.84 Å². The molecule has 0 aromatic carbocycles. The zero-order valence-electron chi connectivity index (χ0n) is 7.60. The van der Waals surface area contributed by atoms with Crippen LogP contribution in [0.3, 0.4) is 0 Å². The molecule has 0 aliphatic carbocycles. The normalized spacial score (nSPS) is 9.92. The van der Waals surface area contributed by atoms with Crippen molar-refractivity contribution in [2.24, 2.45) is 5.73 Å². The van der Waals surface area contributed by atoms with E-state index >= 15 is 0 Å². The van der Waals surface area contributed by atoms with Gasteiger partial charge in [-0.3, -0.25) is 10.4 Å². The van der Waals surface area contributed by atoms with Crippen LogP contribution in [0.25, 0.3) is 0 Å². The predicted octanol–water partition coefficient (Wildman–Crippen LogP) is 1.29. The number of aromatic nitrogens is 1.